The molecule has 1 heterocycles. The van der Waals surface area contributed by atoms with Crippen LogP contribution in [0.3, 0.4) is 0 Å². The van der Waals surface area contributed by atoms with E-state index in [2.05, 4.69) is 0 Å². The minimum Gasteiger partial charge on any atom is -0.497 e. The highest BCUT2D eigenvalue weighted by atomic mass is 16.6. The van der Waals surface area contributed by atoms with Crippen LogP contribution in [0.25, 0.3) is 0 Å². The molecule has 20 heavy (non-hydrogen) atoms. The molecule has 1 aromatic rings. The molecule has 1 N–H and O–H groups in total. The zero-order valence-corrected chi connectivity index (χ0v) is 11.6. The molecule has 1 aromatic carbocycles. The summed E-state index contributed by atoms with van der Waals surface area (Å²) < 4.78 is 15.6. The van der Waals surface area contributed by atoms with Gasteiger partial charge in [0.05, 0.1) is 20.8 Å². The lowest BCUT2D eigenvalue weighted by Crippen LogP contribution is -2.51. The third kappa shape index (κ3) is 3.09. The lowest BCUT2D eigenvalue weighted by Gasteiger charge is -2.35. The van der Waals surface area contributed by atoms with E-state index in [9.17, 15) is 9.90 Å². The minimum absolute atomic E-state index is 0.393. The summed E-state index contributed by atoms with van der Waals surface area (Å²) in [5.41, 5.74) is 0.925. The van der Waals surface area contributed by atoms with Gasteiger partial charge in [-0.1, -0.05) is 6.07 Å². The maximum absolute atomic E-state index is 11.1. The molecule has 0 saturated carbocycles. The molecule has 2 atom stereocenters. The predicted molar refractivity (Wildman–Crippen MR) is 71.8 cm³/mol. The van der Waals surface area contributed by atoms with Crippen molar-refractivity contribution in [2.75, 3.05) is 27.4 Å². The molecule has 0 bridgehead atoms. The van der Waals surface area contributed by atoms with Crippen molar-refractivity contribution in [1.29, 1.82) is 0 Å². The van der Waals surface area contributed by atoms with E-state index in [4.69, 9.17) is 14.2 Å². The molecule has 1 aliphatic rings. The Morgan fingerprint density at radius 3 is 2.90 bits per heavy atom. The highest BCUT2D eigenvalue weighted by Crippen LogP contribution is 2.27. The van der Waals surface area contributed by atoms with Crippen LogP contribution in [-0.4, -0.2) is 56.0 Å². The first-order chi connectivity index (χ1) is 9.69. The Morgan fingerprint density at radius 1 is 1.45 bits per heavy atom. The maximum Gasteiger partial charge on any atom is 0.177 e. The first-order valence-corrected chi connectivity index (χ1v) is 6.39. The van der Waals surface area contributed by atoms with Gasteiger partial charge in [0.1, 0.15) is 23.8 Å². The Labute approximate surface area is 117 Å². The van der Waals surface area contributed by atoms with E-state index in [1.165, 1.54) is 0 Å². The lowest BCUT2D eigenvalue weighted by molar-refractivity contribution is -0.180. The molecule has 6 heteroatoms. The molecule has 2 rings (SSSR count). The molecule has 2 unspecified atom stereocenters. The predicted octanol–water partition coefficient (Wildman–Crippen LogP) is 0.422. The number of morpholine rings is 1. The number of rotatable bonds is 5. The van der Waals surface area contributed by atoms with Gasteiger partial charge in [0.15, 0.2) is 6.29 Å². The van der Waals surface area contributed by atoms with E-state index in [0.29, 0.717) is 37.5 Å². The van der Waals surface area contributed by atoms with Gasteiger partial charge in [-0.05, 0) is 6.07 Å². The van der Waals surface area contributed by atoms with Crippen LogP contribution in [0.15, 0.2) is 18.2 Å². The fraction of sp³-hybridized carbons (Fsp3) is 0.500. The number of methoxy groups -OCH3 is 2. The summed E-state index contributed by atoms with van der Waals surface area (Å²) in [5, 5.41) is 9.68. The Kier molecular flexibility index (Phi) is 4.94. The summed E-state index contributed by atoms with van der Waals surface area (Å²) in [6, 6.07) is 4.87. The van der Waals surface area contributed by atoms with Crippen LogP contribution in [0.1, 0.15) is 5.56 Å². The largest absolute Gasteiger partial charge is 0.497 e. The second kappa shape index (κ2) is 6.69. The van der Waals surface area contributed by atoms with E-state index < -0.39 is 12.3 Å². The summed E-state index contributed by atoms with van der Waals surface area (Å²) >= 11 is 0. The zero-order valence-electron chi connectivity index (χ0n) is 11.6. The van der Waals surface area contributed by atoms with Gasteiger partial charge in [-0.25, -0.2) is 0 Å². The molecule has 1 aliphatic heterocycles. The normalized spacial score (nSPS) is 23.4. The molecule has 6 nitrogen and oxygen atoms in total. The molecule has 0 spiro atoms. The van der Waals surface area contributed by atoms with E-state index >= 15 is 0 Å². The SMILES string of the molecule is COc1ccc(CN2CCOC(O)C2C=O)c(OC)c1. The number of benzene rings is 1. The first-order valence-electron chi connectivity index (χ1n) is 6.39. The third-order valence-corrected chi connectivity index (χ3v) is 3.39. The molecule has 0 radical (unpaired) electrons. The van der Waals surface area contributed by atoms with E-state index in [-0.39, 0.29) is 0 Å². The molecule has 1 saturated heterocycles. The summed E-state index contributed by atoms with van der Waals surface area (Å²) in [6.07, 6.45) is -0.370. The number of nitrogens with zero attached hydrogens (tertiary/aromatic N) is 1. The van der Waals surface area contributed by atoms with Crippen molar-refractivity contribution >= 4 is 6.29 Å². The first kappa shape index (κ1) is 14.8. The van der Waals surface area contributed by atoms with Crippen LogP contribution in [0.2, 0.25) is 0 Å². The molecule has 1 fully saturated rings. The van der Waals surface area contributed by atoms with Crippen LogP contribution >= 0.6 is 0 Å². The number of aldehydes is 1. The molecule has 0 amide bonds. The summed E-state index contributed by atoms with van der Waals surface area (Å²) in [7, 11) is 3.18. The summed E-state index contributed by atoms with van der Waals surface area (Å²) in [4.78, 5) is 13.0. The number of aliphatic hydroxyl groups excluding tert-OH is 1. The molecule has 0 aliphatic carbocycles. The van der Waals surface area contributed by atoms with Gasteiger partial charge in [0, 0.05) is 24.7 Å². The van der Waals surface area contributed by atoms with Crippen molar-refractivity contribution in [1.82, 2.24) is 4.90 Å². The van der Waals surface area contributed by atoms with Crippen LogP contribution in [0.4, 0.5) is 0 Å². The molecule has 110 valence electrons. The topological polar surface area (TPSA) is 68.2 Å². The number of carbonyl (C=O) groups is 1. The van der Waals surface area contributed by atoms with Crippen molar-refractivity contribution in [2.45, 2.75) is 18.9 Å². The lowest BCUT2D eigenvalue weighted by atomic mass is 10.1. The number of carbonyl (C=O) groups excluding carboxylic acids is 1. The second-order valence-electron chi connectivity index (χ2n) is 4.54. The van der Waals surface area contributed by atoms with E-state index in [0.717, 1.165) is 5.56 Å². The molecular weight excluding hydrogens is 262 g/mol. The minimum atomic E-state index is -1.08. The second-order valence-corrected chi connectivity index (χ2v) is 4.54. The number of aliphatic hydroxyl groups is 1. The Bertz CT molecular complexity index is 465. The number of hydrogen-bond acceptors (Lipinski definition) is 6. The van der Waals surface area contributed by atoms with Crippen molar-refractivity contribution in [3.8, 4) is 11.5 Å². The van der Waals surface area contributed by atoms with Crippen molar-refractivity contribution in [3.63, 3.8) is 0 Å². The van der Waals surface area contributed by atoms with Crippen LogP contribution in [-0.2, 0) is 16.1 Å². The smallest absolute Gasteiger partial charge is 0.177 e. The van der Waals surface area contributed by atoms with E-state index in [1.807, 2.05) is 17.0 Å². The Balaban J connectivity index is 2.17. The van der Waals surface area contributed by atoms with Gasteiger partial charge in [0.2, 0.25) is 0 Å². The van der Waals surface area contributed by atoms with Crippen molar-refractivity contribution in [3.05, 3.63) is 23.8 Å². The Hall–Kier alpha value is -1.63. The molecule has 0 aromatic heterocycles. The summed E-state index contributed by atoms with van der Waals surface area (Å²) in [5.74, 6) is 1.40. The highest BCUT2D eigenvalue weighted by molar-refractivity contribution is 5.58. The van der Waals surface area contributed by atoms with Gasteiger partial charge >= 0.3 is 0 Å². The average molecular weight is 281 g/mol. The molecular formula is C14H19NO5. The van der Waals surface area contributed by atoms with Gasteiger partial charge in [-0.3, -0.25) is 4.90 Å². The van der Waals surface area contributed by atoms with Crippen molar-refractivity contribution < 1.29 is 24.1 Å². The quantitative estimate of drug-likeness (QED) is 0.789. The maximum atomic E-state index is 11.1. The van der Waals surface area contributed by atoms with Crippen LogP contribution < -0.4 is 9.47 Å². The average Bonchev–Trinajstić information content (AvgIpc) is 2.48. The van der Waals surface area contributed by atoms with Crippen LogP contribution in [0.5, 0.6) is 11.5 Å². The van der Waals surface area contributed by atoms with Gasteiger partial charge in [-0.15, -0.1) is 0 Å². The fourth-order valence-corrected chi connectivity index (χ4v) is 2.26. The van der Waals surface area contributed by atoms with Crippen molar-refractivity contribution in [2.24, 2.45) is 0 Å². The van der Waals surface area contributed by atoms with Gasteiger partial charge in [0.25, 0.3) is 0 Å². The summed E-state index contributed by atoms with van der Waals surface area (Å²) in [6.45, 7) is 1.47. The fourth-order valence-electron chi connectivity index (χ4n) is 2.26. The van der Waals surface area contributed by atoms with Gasteiger partial charge < -0.3 is 24.1 Å². The highest BCUT2D eigenvalue weighted by Gasteiger charge is 2.31. The number of ether oxygens (including phenoxy) is 3. The zero-order chi connectivity index (χ0) is 14.5. The van der Waals surface area contributed by atoms with E-state index in [1.54, 1.807) is 20.3 Å². The third-order valence-electron chi connectivity index (χ3n) is 3.39. The van der Waals surface area contributed by atoms with Gasteiger partial charge in [-0.2, -0.15) is 0 Å². The number of hydrogen-bond donors (Lipinski definition) is 1. The monoisotopic (exact) mass is 281 g/mol. The standard InChI is InChI=1S/C14H19NO5/c1-18-11-4-3-10(13(7-11)19-2)8-15-5-6-20-14(17)12(15)9-16/h3-4,7,9,12,14,17H,5-6,8H2,1-2H3. The van der Waals surface area contributed by atoms with Crippen LogP contribution in [0, 0.1) is 0 Å². The Morgan fingerprint density at radius 2 is 2.25 bits per heavy atom.